The molecule has 0 aromatic rings. The molecule has 1 aliphatic heterocycles. The molecule has 17 heavy (non-hydrogen) atoms. The van der Waals surface area contributed by atoms with Gasteiger partial charge in [0.1, 0.15) is 0 Å². The van der Waals surface area contributed by atoms with Gasteiger partial charge in [-0.1, -0.05) is 13.8 Å². The summed E-state index contributed by atoms with van der Waals surface area (Å²) in [7, 11) is 0. The van der Waals surface area contributed by atoms with Crippen LogP contribution in [0.1, 0.15) is 20.8 Å². The van der Waals surface area contributed by atoms with Gasteiger partial charge in [0, 0.05) is 23.0 Å². The zero-order valence-corrected chi connectivity index (χ0v) is 15.9. The van der Waals surface area contributed by atoms with Crippen LogP contribution in [0.3, 0.4) is 0 Å². The van der Waals surface area contributed by atoms with Gasteiger partial charge < -0.3 is 0 Å². The van der Waals surface area contributed by atoms with Crippen molar-refractivity contribution >= 4 is 72.3 Å². The van der Waals surface area contributed by atoms with E-state index in [2.05, 4.69) is 79.2 Å². The maximum atomic E-state index is 4.30. The summed E-state index contributed by atoms with van der Waals surface area (Å²) < 4.78 is 1.09. The highest BCUT2D eigenvalue weighted by molar-refractivity contribution is 8.26. The first-order chi connectivity index (χ1) is 8.23. The van der Waals surface area contributed by atoms with Crippen LogP contribution in [0.2, 0.25) is 0 Å². The molecule has 6 heteroatoms. The topological polar surface area (TPSA) is 0 Å². The van der Waals surface area contributed by atoms with Gasteiger partial charge in [0.2, 0.25) is 0 Å². The lowest BCUT2D eigenvalue weighted by atomic mass is 10.5. The molecule has 0 nitrogen and oxygen atoms in total. The first-order valence-corrected chi connectivity index (χ1v) is 11.3. The molecule has 1 heterocycles. The number of thiol groups is 2. The van der Waals surface area contributed by atoms with Crippen molar-refractivity contribution in [2.45, 2.75) is 29.4 Å². The van der Waals surface area contributed by atoms with Crippen molar-refractivity contribution in [2.75, 3.05) is 34.5 Å². The van der Waals surface area contributed by atoms with E-state index in [0.717, 1.165) is 23.0 Å². The quantitative estimate of drug-likeness (QED) is 0.498. The third kappa shape index (κ3) is 7.45. The van der Waals surface area contributed by atoms with Crippen LogP contribution in [0.25, 0.3) is 0 Å². The molecule has 0 atom stereocenters. The molecule has 1 fully saturated rings. The van der Waals surface area contributed by atoms with Gasteiger partial charge >= 0.3 is 0 Å². The fraction of sp³-hybridized carbons (Fsp3) is 1.00. The Hall–Kier alpha value is 2.10. The lowest BCUT2D eigenvalue weighted by Crippen LogP contribution is -2.26. The molecule has 1 rings (SSSR count). The van der Waals surface area contributed by atoms with Crippen molar-refractivity contribution in [1.82, 2.24) is 0 Å². The van der Waals surface area contributed by atoms with Crippen molar-refractivity contribution in [2.24, 2.45) is 0 Å². The fourth-order valence-corrected chi connectivity index (χ4v) is 8.39. The monoisotopic (exact) mass is 348 g/mol. The third-order valence-corrected chi connectivity index (χ3v) is 10.3. The minimum absolute atomic E-state index is 0.404. The maximum Gasteiger partial charge on any atom is 0.0792 e. The molecule has 1 aliphatic rings. The van der Waals surface area contributed by atoms with Gasteiger partial charge in [0.25, 0.3) is 0 Å². The minimum Gasteiger partial charge on any atom is -0.179 e. The van der Waals surface area contributed by atoms with Crippen LogP contribution in [0.5, 0.6) is 0 Å². The predicted octanol–water partition coefficient (Wildman–Crippen LogP) is 4.86. The van der Waals surface area contributed by atoms with Gasteiger partial charge in [-0.25, -0.2) is 0 Å². The van der Waals surface area contributed by atoms with Gasteiger partial charge in [0.05, 0.1) is 8.66 Å². The number of thioether (sulfide) groups is 4. The minimum atomic E-state index is 0.404. The Bertz CT molecular complexity index is 161. The normalized spacial score (nSPS) is 18.0. The summed E-state index contributed by atoms with van der Waals surface area (Å²) in [6.45, 7) is 6.40. The number of hydrogen-bond donors (Lipinski definition) is 2. The van der Waals surface area contributed by atoms with Gasteiger partial charge in [-0.3, -0.25) is 0 Å². The second-order valence-corrected chi connectivity index (χ2v) is 10.2. The summed E-state index contributed by atoms with van der Waals surface area (Å²) in [5, 5.41) is 0. The van der Waals surface area contributed by atoms with E-state index in [1.807, 2.05) is 13.8 Å². The molecule has 0 unspecified atom stereocenters. The van der Waals surface area contributed by atoms with Crippen LogP contribution in [-0.4, -0.2) is 43.2 Å². The van der Waals surface area contributed by atoms with E-state index < -0.39 is 0 Å². The molecule has 0 amide bonds. The SMILES string of the molecule is CC.CC1(C(SCCS)SCCS)SCCS1. The van der Waals surface area contributed by atoms with Crippen molar-refractivity contribution in [3.8, 4) is 0 Å². The van der Waals surface area contributed by atoms with Gasteiger partial charge in [0.15, 0.2) is 0 Å². The predicted molar refractivity (Wildman–Crippen MR) is 101 cm³/mol. The summed E-state index contributed by atoms with van der Waals surface area (Å²) in [6, 6.07) is 0. The van der Waals surface area contributed by atoms with Crippen LogP contribution in [0, 0.1) is 0 Å². The Labute approximate surface area is 135 Å². The van der Waals surface area contributed by atoms with Crippen molar-refractivity contribution in [3.05, 3.63) is 0 Å². The van der Waals surface area contributed by atoms with Crippen LogP contribution >= 0.6 is 72.3 Å². The van der Waals surface area contributed by atoms with E-state index in [9.17, 15) is 0 Å². The maximum absolute atomic E-state index is 4.30. The first kappa shape index (κ1) is 19.1. The molecule has 104 valence electrons. The van der Waals surface area contributed by atoms with Crippen LogP contribution in [-0.2, 0) is 0 Å². The highest BCUT2D eigenvalue weighted by Crippen LogP contribution is 2.53. The first-order valence-electron chi connectivity index (χ1n) is 5.96. The second kappa shape index (κ2) is 11.9. The Balaban J connectivity index is 0.00000121. The van der Waals surface area contributed by atoms with Crippen molar-refractivity contribution in [3.63, 3.8) is 0 Å². The van der Waals surface area contributed by atoms with Crippen molar-refractivity contribution in [1.29, 1.82) is 0 Å². The molecule has 0 radical (unpaired) electrons. The second-order valence-electron chi connectivity index (χ2n) is 3.23. The molecule has 0 saturated carbocycles. The van der Waals surface area contributed by atoms with E-state index >= 15 is 0 Å². The lowest BCUT2D eigenvalue weighted by molar-refractivity contribution is 1.01. The number of hydrogen-bond acceptors (Lipinski definition) is 6. The van der Waals surface area contributed by atoms with Gasteiger partial charge in [-0.15, -0.1) is 47.0 Å². The largest absolute Gasteiger partial charge is 0.179 e. The van der Waals surface area contributed by atoms with Gasteiger partial charge in [-0.2, -0.15) is 25.3 Å². The highest BCUT2D eigenvalue weighted by Gasteiger charge is 2.39. The van der Waals surface area contributed by atoms with Crippen LogP contribution in [0.4, 0.5) is 0 Å². The zero-order valence-electron chi connectivity index (χ0n) is 10.8. The van der Waals surface area contributed by atoms with E-state index in [4.69, 9.17) is 0 Å². The smallest absolute Gasteiger partial charge is 0.0792 e. The average molecular weight is 349 g/mol. The molecule has 0 aromatic heterocycles. The molecular weight excluding hydrogens is 325 g/mol. The van der Waals surface area contributed by atoms with E-state index in [1.165, 1.54) is 11.5 Å². The molecule has 0 aliphatic carbocycles. The Morgan fingerprint density at radius 1 is 1.06 bits per heavy atom. The molecular formula is C11H24S6. The molecule has 0 bridgehead atoms. The molecule has 0 N–H and O–H groups in total. The number of rotatable bonds is 7. The van der Waals surface area contributed by atoms with E-state index in [0.29, 0.717) is 8.66 Å². The Morgan fingerprint density at radius 2 is 1.47 bits per heavy atom. The van der Waals surface area contributed by atoms with E-state index in [-0.39, 0.29) is 0 Å². The molecule has 0 spiro atoms. The van der Waals surface area contributed by atoms with Gasteiger partial charge in [-0.05, 0) is 18.4 Å². The molecule has 1 saturated heterocycles. The Kier molecular flexibility index (Phi) is 13.4. The van der Waals surface area contributed by atoms with Crippen LogP contribution in [0.15, 0.2) is 0 Å². The fourth-order valence-electron chi connectivity index (χ4n) is 1.34. The third-order valence-electron chi connectivity index (χ3n) is 2.01. The summed E-state index contributed by atoms with van der Waals surface area (Å²) >= 11 is 17.0. The standard InChI is InChI=1S/C9H18S6.C2H6/c1-9(14-6-7-15-9)8(12-4-2-10)13-5-3-11;1-2/h8,10-11H,2-7H2,1H3;1-2H3. The summed E-state index contributed by atoms with van der Waals surface area (Å²) in [4.78, 5) is 0. The average Bonchev–Trinajstić information content (AvgIpc) is 2.80. The molecule has 0 aromatic carbocycles. The summed E-state index contributed by atoms with van der Waals surface area (Å²) in [6.07, 6.45) is 0. The zero-order chi connectivity index (χ0) is 13.1. The summed E-state index contributed by atoms with van der Waals surface area (Å²) in [5.74, 6) is 6.89. The lowest BCUT2D eigenvalue weighted by Gasteiger charge is -2.31. The van der Waals surface area contributed by atoms with E-state index in [1.54, 1.807) is 0 Å². The Morgan fingerprint density at radius 3 is 1.82 bits per heavy atom. The van der Waals surface area contributed by atoms with Crippen molar-refractivity contribution < 1.29 is 0 Å². The highest BCUT2D eigenvalue weighted by atomic mass is 32.2. The van der Waals surface area contributed by atoms with Crippen LogP contribution < -0.4 is 0 Å². The summed E-state index contributed by atoms with van der Waals surface area (Å²) in [5.41, 5.74) is 0.